The fourth-order valence-corrected chi connectivity index (χ4v) is 6.69. The van der Waals surface area contributed by atoms with E-state index in [0.29, 0.717) is 39.1 Å². The van der Waals surface area contributed by atoms with E-state index in [-0.39, 0.29) is 22.6 Å². The molecule has 0 N–H and O–H groups in total. The van der Waals surface area contributed by atoms with Gasteiger partial charge in [0.15, 0.2) is 0 Å². The average molecular weight is 498 g/mol. The maximum absolute atomic E-state index is 13.6. The van der Waals surface area contributed by atoms with E-state index in [9.17, 15) is 18.0 Å². The number of hydrogen-bond donors (Lipinski definition) is 0. The number of benzene rings is 2. The Bertz CT molecular complexity index is 1160. The molecule has 7 nitrogen and oxygen atoms in total. The van der Waals surface area contributed by atoms with Crippen LogP contribution in [0.25, 0.3) is 0 Å². The van der Waals surface area contributed by atoms with E-state index >= 15 is 0 Å². The minimum absolute atomic E-state index is 0.0301. The molecule has 2 heterocycles. The van der Waals surface area contributed by atoms with E-state index in [0.717, 1.165) is 42.5 Å². The highest BCUT2D eigenvalue weighted by Crippen LogP contribution is 2.32. The van der Waals surface area contributed by atoms with Gasteiger partial charge in [-0.1, -0.05) is 44.2 Å². The summed E-state index contributed by atoms with van der Waals surface area (Å²) in [7, 11) is -3.55. The normalized spacial score (nSPS) is 18.4. The number of fused-ring (bicyclic) bond motifs is 1. The van der Waals surface area contributed by atoms with Gasteiger partial charge in [-0.15, -0.1) is 0 Å². The Hall–Kier alpha value is -2.71. The molecule has 4 rings (SSSR count). The highest BCUT2D eigenvalue weighted by molar-refractivity contribution is 7.89. The van der Waals surface area contributed by atoms with Crippen molar-refractivity contribution in [2.24, 2.45) is 5.92 Å². The Balaban J connectivity index is 1.49. The van der Waals surface area contributed by atoms with Crippen LogP contribution in [0.15, 0.2) is 53.4 Å². The molecule has 0 spiro atoms. The summed E-state index contributed by atoms with van der Waals surface area (Å²) >= 11 is 0. The first-order valence-corrected chi connectivity index (χ1v) is 14.0. The van der Waals surface area contributed by atoms with Crippen molar-refractivity contribution in [1.29, 1.82) is 0 Å². The van der Waals surface area contributed by atoms with Crippen molar-refractivity contribution in [3.8, 4) is 0 Å². The van der Waals surface area contributed by atoms with Gasteiger partial charge in [0.2, 0.25) is 21.8 Å². The Labute approximate surface area is 208 Å². The van der Waals surface area contributed by atoms with Crippen LogP contribution in [-0.4, -0.2) is 62.2 Å². The molecule has 2 aromatic carbocycles. The van der Waals surface area contributed by atoms with E-state index in [1.165, 1.54) is 4.31 Å². The molecule has 1 fully saturated rings. The molecule has 35 heavy (non-hydrogen) atoms. The molecule has 1 saturated heterocycles. The molecule has 0 aromatic heterocycles. The van der Waals surface area contributed by atoms with Crippen LogP contribution in [-0.2, 0) is 32.5 Å². The molecule has 8 heteroatoms. The number of nitrogens with zero attached hydrogens (tertiary/aromatic N) is 3. The molecule has 2 aromatic rings. The molecule has 1 atom stereocenters. The van der Waals surface area contributed by atoms with Crippen molar-refractivity contribution in [3.05, 3.63) is 59.7 Å². The number of rotatable bonds is 7. The van der Waals surface area contributed by atoms with Crippen molar-refractivity contribution in [1.82, 2.24) is 9.21 Å². The molecule has 1 unspecified atom stereocenters. The van der Waals surface area contributed by atoms with E-state index in [4.69, 9.17) is 0 Å². The van der Waals surface area contributed by atoms with Gasteiger partial charge in [0.05, 0.1) is 17.2 Å². The summed E-state index contributed by atoms with van der Waals surface area (Å²) in [5.41, 5.74) is 2.67. The van der Waals surface area contributed by atoms with Crippen molar-refractivity contribution in [3.63, 3.8) is 0 Å². The van der Waals surface area contributed by atoms with E-state index < -0.39 is 10.0 Å². The summed E-state index contributed by atoms with van der Waals surface area (Å²) in [5, 5.41) is 0. The zero-order valence-corrected chi connectivity index (χ0v) is 21.5. The summed E-state index contributed by atoms with van der Waals surface area (Å²) in [6.07, 6.45) is 3.44. The van der Waals surface area contributed by atoms with Crippen LogP contribution in [0.2, 0.25) is 0 Å². The van der Waals surface area contributed by atoms with Crippen LogP contribution >= 0.6 is 0 Å². The van der Waals surface area contributed by atoms with Gasteiger partial charge in [-0.3, -0.25) is 9.59 Å². The van der Waals surface area contributed by atoms with Gasteiger partial charge in [-0.05, 0) is 55.0 Å². The van der Waals surface area contributed by atoms with E-state index in [2.05, 4.69) is 0 Å². The predicted octanol–water partition coefficient (Wildman–Crippen LogP) is 3.48. The summed E-state index contributed by atoms with van der Waals surface area (Å²) < 4.78 is 27.4. The van der Waals surface area contributed by atoms with Gasteiger partial charge in [0.1, 0.15) is 0 Å². The lowest BCUT2D eigenvalue weighted by molar-refractivity contribution is -0.134. The van der Waals surface area contributed by atoms with E-state index in [1.54, 1.807) is 18.2 Å². The lowest BCUT2D eigenvalue weighted by Crippen LogP contribution is -2.48. The molecule has 2 aliphatic heterocycles. The highest BCUT2D eigenvalue weighted by Gasteiger charge is 2.34. The molecule has 0 saturated carbocycles. The third-order valence-electron chi connectivity index (χ3n) is 7.10. The Morgan fingerprint density at radius 3 is 2.46 bits per heavy atom. The van der Waals surface area contributed by atoms with Crippen LogP contribution in [0.3, 0.4) is 0 Å². The van der Waals surface area contributed by atoms with Crippen LogP contribution < -0.4 is 4.90 Å². The van der Waals surface area contributed by atoms with Crippen LogP contribution in [0.4, 0.5) is 5.69 Å². The van der Waals surface area contributed by atoms with Gasteiger partial charge < -0.3 is 9.80 Å². The monoisotopic (exact) mass is 497 g/mol. The summed E-state index contributed by atoms with van der Waals surface area (Å²) in [5.74, 6) is -0.157. The number of anilines is 1. The first-order chi connectivity index (χ1) is 16.8. The second-order valence-corrected chi connectivity index (χ2v) is 11.3. The van der Waals surface area contributed by atoms with Crippen LogP contribution in [0.5, 0.6) is 0 Å². The fraction of sp³-hybridized carbons (Fsp3) is 0.481. The number of amides is 2. The largest absolute Gasteiger partial charge is 0.342 e. The maximum atomic E-state index is 13.6. The number of carbonyl (C=O) groups excluding carboxylic acids is 2. The van der Waals surface area contributed by atoms with Crippen LogP contribution in [0.1, 0.15) is 44.2 Å². The standard InChI is InChI=1S/C27H35N3O4S/c1-3-29(4-2)35(33,34)24-14-15-25-22(19-24)12-9-17-30(25)27(32)23-13-8-16-28(20-23)26(31)18-21-10-6-5-7-11-21/h5-7,10-11,14-15,19,23H,3-4,8-9,12-13,16-18,20H2,1-2H3. The Morgan fingerprint density at radius 1 is 1.00 bits per heavy atom. The first kappa shape index (κ1) is 25.4. The van der Waals surface area contributed by atoms with Gasteiger partial charge in [-0.25, -0.2) is 8.42 Å². The maximum Gasteiger partial charge on any atom is 0.243 e. The molecule has 2 amide bonds. The Kier molecular flexibility index (Phi) is 7.91. The second kappa shape index (κ2) is 10.9. The van der Waals surface area contributed by atoms with Crippen molar-refractivity contribution in [2.45, 2.75) is 50.8 Å². The third kappa shape index (κ3) is 5.43. The van der Waals surface area contributed by atoms with Crippen molar-refractivity contribution < 1.29 is 18.0 Å². The van der Waals surface area contributed by atoms with Gasteiger partial charge >= 0.3 is 0 Å². The zero-order chi connectivity index (χ0) is 25.0. The van der Waals surface area contributed by atoms with Crippen molar-refractivity contribution in [2.75, 3.05) is 37.6 Å². The minimum Gasteiger partial charge on any atom is -0.342 e. The minimum atomic E-state index is -3.55. The average Bonchev–Trinajstić information content (AvgIpc) is 2.88. The van der Waals surface area contributed by atoms with Crippen LogP contribution in [0, 0.1) is 5.92 Å². The number of hydrogen-bond acceptors (Lipinski definition) is 4. The number of piperidine rings is 1. The number of likely N-dealkylation sites (tertiary alicyclic amines) is 1. The fourth-order valence-electron chi connectivity index (χ4n) is 5.18. The van der Waals surface area contributed by atoms with E-state index in [1.807, 2.05) is 54.0 Å². The summed E-state index contributed by atoms with van der Waals surface area (Å²) in [6, 6.07) is 14.8. The van der Waals surface area contributed by atoms with Gasteiger partial charge in [-0.2, -0.15) is 4.31 Å². The Morgan fingerprint density at radius 2 is 1.74 bits per heavy atom. The molecule has 188 valence electrons. The smallest absolute Gasteiger partial charge is 0.243 e. The quantitative estimate of drug-likeness (QED) is 0.587. The number of carbonyl (C=O) groups is 2. The first-order valence-electron chi connectivity index (χ1n) is 12.6. The molecular formula is C27H35N3O4S. The number of aryl methyl sites for hydroxylation is 1. The molecule has 0 bridgehead atoms. The summed E-state index contributed by atoms with van der Waals surface area (Å²) in [6.45, 7) is 6.23. The molecule has 0 aliphatic carbocycles. The lowest BCUT2D eigenvalue weighted by atomic mass is 9.93. The third-order valence-corrected chi connectivity index (χ3v) is 9.15. The zero-order valence-electron chi connectivity index (χ0n) is 20.7. The SMILES string of the molecule is CCN(CC)S(=O)(=O)c1ccc2c(c1)CCCN2C(=O)C1CCCN(C(=O)Cc2ccccc2)C1. The highest BCUT2D eigenvalue weighted by atomic mass is 32.2. The lowest BCUT2D eigenvalue weighted by Gasteiger charge is -2.37. The van der Waals surface area contributed by atoms with Gasteiger partial charge in [0.25, 0.3) is 0 Å². The summed E-state index contributed by atoms with van der Waals surface area (Å²) in [4.78, 5) is 30.4. The van der Waals surface area contributed by atoms with Crippen molar-refractivity contribution >= 4 is 27.5 Å². The number of sulfonamides is 1. The molecule has 2 aliphatic rings. The topological polar surface area (TPSA) is 78.0 Å². The second-order valence-electron chi connectivity index (χ2n) is 9.31. The predicted molar refractivity (Wildman–Crippen MR) is 137 cm³/mol. The molecular weight excluding hydrogens is 462 g/mol. The van der Waals surface area contributed by atoms with Gasteiger partial charge in [0, 0.05) is 38.4 Å². The molecule has 0 radical (unpaired) electrons.